The third-order valence-electron chi connectivity index (χ3n) is 7.99. The van der Waals surface area contributed by atoms with Crippen molar-refractivity contribution in [2.75, 3.05) is 13.7 Å². The summed E-state index contributed by atoms with van der Waals surface area (Å²) in [5.74, 6) is 0.598. The highest BCUT2D eigenvalue weighted by Crippen LogP contribution is 2.40. The van der Waals surface area contributed by atoms with E-state index >= 15 is 0 Å². The van der Waals surface area contributed by atoms with Crippen LogP contribution in [0.2, 0.25) is 0 Å². The lowest BCUT2D eigenvalue weighted by Crippen LogP contribution is -2.59. The number of nitrogens with zero attached hydrogens (tertiary/aromatic N) is 1. The molecule has 4 rings (SSSR count). The number of hydrogen-bond acceptors (Lipinski definition) is 5. The molecule has 1 spiro atoms. The van der Waals surface area contributed by atoms with Crippen LogP contribution in [0.3, 0.4) is 0 Å². The Hall–Kier alpha value is -2.90. The predicted octanol–water partition coefficient (Wildman–Crippen LogP) is 3.71. The molecule has 1 heterocycles. The maximum absolute atomic E-state index is 12.4. The van der Waals surface area contributed by atoms with Crippen LogP contribution in [-0.2, 0) is 17.8 Å². The fourth-order valence-electron chi connectivity index (χ4n) is 5.49. The second-order valence-electron chi connectivity index (χ2n) is 10.1. The zero-order valence-electron chi connectivity index (χ0n) is 21.0. The normalized spacial score (nSPS) is 24.9. The summed E-state index contributed by atoms with van der Waals surface area (Å²) in [6.07, 6.45) is 3.67. The molecule has 0 bridgehead atoms. The van der Waals surface area contributed by atoms with Gasteiger partial charge in [-0.05, 0) is 87.7 Å². The zero-order valence-corrected chi connectivity index (χ0v) is 21.0. The molecule has 2 aliphatic rings. The van der Waals surface area contributed by atoms with Gasteiger partial charge in [-0.1, -0.05) is 36.4 Å². The Morgan fingerprint density at radius 3 is 2.43 bits per heavy atom. The maximum Gasteiger partial charge on any atom is 0.322 e. The molecule has 7 nitrogen and oxygen atoms in total. The number of carbonyl (C=O) groups excluding carboxylic acids is 2. The number of amides is 3. The van der Waals surface area contributed by atoms with E-state index in [1.54, 1.807) is 7.11 Å². The van der Waals surface area contributed by atoms with Crippen LogP contribution in [0, 0.1) is 6.92 Å². The number of urea groups is 1. The maximum atomic E-state index is 12.4. The van der Waals surface area contributed by atoms with Crippen LogP contribution in [0.15, 0.2) is 48.5 Å². The average Bonchev–Trinajstić information content (AvgIpc) is 3.14. The first kappa shape index (κ1) is 25.2. The number of ether oxygens (including phenoxy) is 1. The van der Waals surface area contributed by atoms with Gasteiger partial charge in [0.05, 0.1) is 12.7 Å². The Morgan fingerprint density at radius 2 is 1.80 bits per heavy atom. The van der Waals surface area contributed by atoms with Crippen molar-refractivity contribution in [1.29, 1.82) is 0 Å². The molecule has 1 saturated heterocycles. The Balaban J connectivity index is 1.46. The third-order valence-corrected chi connectivity index (χ3v) is 7.99. The van der Waals surface area contributed by atoms with Crippen LogP contribution in [0.25, 0.3) is 0 Å². The molecule has 188 valence electrons. The second kappa shape index (κ2) is 10.4. The van der Waals surface area contributed by atoms with Gasteiger partial charge in [-0.3, -0.25) is 15.0 Å². The fourth-order valence-corrected chi connectivity index (χ4v) is 5.49. The Morgan fingerprint density at radius 1 is 1.09 bits per heavy atom. The molecular formula is C28H37N3O4. The first-order chi connectivity index (χ1) is 16.7. The number of carbonyl (C=O) groups is 2. The Bertz CT molecular complexity index is 1050. The van der Waals surface area contributed by atoms with E-state index in [-0.39, 0.29) is 11.9 Å². The molecule has 1 aliphatic heterocycles. The fraction of sp³-hybridized carbons (Fsp3) is 0.500. The van der Waals surface area contributed by atoms with E-state index in [0.717, 1.165) is 31.7 Å². The molecule has 1 saturated carbocycles. The van der Waals surface area contributed by atoms with Gasteiger partial charge in [0.25, 0.3) is 5.91 Å². The number of aliphatic hydroxyl groups is 1. The van der Waals surface area contributed by atoms with Crippen LogP contribution < -0.4 is 15.4 Å². The predicted molar refractivity (Wildman–Crippen MR) is 135 cm³/mol. The third kappa shape index (κ3) is 5.52. The van der Waals surface area contributed by atoms with Crippen molar-refractivity contribution >= 4 is 11.9 Å². The quantitative estimate of drug-likeness (QED) is 0.477. The summed E-state index contributed by atoms with van der Waals surface area (Å²) < 4.78 is 5.40. The number of methoxy groups -OCH3 is 1. The van der Waals surface area contributed by atoms with Crippen LogP contribution in [0.4, 0.5) is 4.79 Å². The number of hydrogen-bond donors (Lipinski definition) is 3. The van der Waals surface area contributed by atoms with Crippen molar-refractivity contribution in [1.82, 2.24) is 15.5 Å². The van der Waals surface area contributed by atoms with Gasteiger partial charge in [-0.15, -0.1) is 0 Å². The van der Waals surface area contributed by atoms with E-state index in [1.807, 2.05) is 24.3 Å². The van der Waals surface area contributed by atoms with Crippen LogP contribution in [-0.4, -0.2) is 52.8 Å². The van der Waals surface area contributed by atoms with Gasteiger partial charge in [-0.2, -0.15) is 0 Å². The minimum atomic E-state index is -0.931. The molecule has 3 amide bonds. The lowest BCUT2D eigenvalue weighted by Gasteiger charge is -2.47. The largest absolute Gasteiger partial charge is 0.497 e. The molecule has 1 aliphatic carbocycles. The molecule has 2 fully saturated rings. The smallest absolute Gasteiger partial charge is 0.322 e. The summed E-state index contributed by atoms with van der Waals surface area (Å²) in [5.41, 5.74) is 1.92. The van der Waals surface area contributed by atoms with Gasteiger partial charge in [0.15, 0.2) is 0 Å². The molecule has 0 unspecified atom stereocenters. The van der Waals surface area contributed by atoms with Gasteiger partial charge in [0, 0.05) is 12.6 Å². The van der Waals surface area contributed by atoms with E-state index in [1.165, 1.54) is 16.7 Å². The average molecular weight is 480 g/mol. The monoisotopic (exact) mass is 479 g/mol. The Labute approximate surface area is 207 Å². The van der Waals surface area contributed by atoms with E-state index in [4.69, 9.17) is 4.74 Å². The van der Waals surface area contributed by atoms with Crippen LogP contribution in [0.5, 0.6) is 5.75 Å². The molecule has 1 atom stereocenters. The number of benzene rings is 2. The van der Waals surface area contributed by atoms with Crippen molar-refractivity contribution in [2.24, 2.45) is 0 Å². The lowest BCUT2D eigenvalue weighted by atomic mass is 9.71. The number of imide groups is 1. The minimum Gasteiger partial charge on any atom is -0.497 e. The SMILES string of the molecule is COc1ccc(C)c(CCCN(Cc2ccccc2)[C@H](C)C2(O)CCC3(CC2)NC(=O)NC3=O)c1. The molecular weight excluding hydrogens is 442 g/mol. The van der Waals surface area contributed by atoms with E-state index in [2.05, 4.69) is 53.6 Å². The van der Waals surface area contributed by atoms with Gasteiger partial charge in [0.1, 0.15) is 11.3 Å². The lowest BCUT2D eigenvalue weighted by molar-refractivity contribution is -0.130. The van der Waals surface area contributed by atoms with Crippen molar-refractivity contribution < 1.29 is 19.4 Å². The summed E-state index contributed by atoms with van der Waals surface area (Å²) in [5, 5.41) is 16.9. The molecule has 2 aromatic rings. The van der Waals surface area contributed by atoms with Crippen LogP contribution >= 0.6 is 0 Å². The van der Waals surface area contributed by atoms with Crippen molar-refractivity contribution in [3.8, 4) is 5.75 Å². The summed E-state index contributed by atoms with van der Waals surface area (Å²) in [4.78, 5) is 26.4. The number of rotatable bonds is 9. The van der Waals surface area contributed by atoms with E-state index in [9.17, 15) is 14.7 Å². The highest BCUT2D eigenvalue weighted by molar-refractivity contribution is 6.07. The number of aryl methyl sites for hydroxylation is 2. The minimum absolute atomic E-state index is 0.105. The second-order valence-corrected chi connectivity index (χ2v) is 10.1. The molecule has 35 heavy (non-hydrogen) atoms. The highest BCUT2D eigenvalue weighted by atomic mass is 16.5. The summed E-state index contributed by atoms with van der Waals surface area (Å²) in [6.45, 7) is 5.78. The van der Waals surface area contributed by atoms with Gasteiger partial charge in [0.2, 0.25) is 0 Å². The van der Waals surface area contributed by atoms with Crippen molar-refractivity contribution in [3.63, 3.8) is 0 Å². The summed E-state index contributed by atoms with van der Waals surface area (Å²) >= 11 is 0. The molecule has 2 aromatic carbocycles. The molecule has 0 radical (unpaired) electrons. The first-order valence-corrected chi connectivity index (χ1v) is 12.5. The van der Waals surface area contributed by atoms with Crippen molar-refractivity contribution in [3.05, 3.63) is 65.2 Å². The van der Waals surface area contributed by atoms with E-state index < -0.39 is 17.2 Å². The highest BCUT2D eigenvalue weighted by Gasteiger charge is 2.53. The summed E-state index contributed by atoms with van der Waals surface area (Å²) in [6, 6.07) is 16.0. The summed E-state index contributed by atoms with van der Waals surface area (Å²) in [7, 11) is 1.69. The standard InChI is InChI=1S/C28H37N3O4/c1-20-11-12-24(35-3)18-23(20)10-7-17-31(19-22-8-5-4-6-9-22)21(2)28(34)15-13-27(14-16-28)25(32)29-26(33)30-27/h4-6,8-9,11-12,18,21,34H,7,10,13-17,19H2,1-3H3,(H2,29,30,32,33)/t21-,27?,28?/m1/s1. The first-order valence-electron chi connectivity index (χ1n) is 12.5. The van der Waals surface area contributed by atoms with Gasteiger partial charge < -0.3 is 15.2 Å². The Kier molecular flexibility index (Phi) is 7.47. The molecule has 7 heteroatoms. The topological polar surface area (TPSA) is 90.9 Å². The molecule has 0 aromatic heterocycles. The molecule has 3 N–H and O–H groups in total. The number of nitrogens with one attached hydrogen (secondary N) is 2. The van der Waals surface area contributed by atoms with Crippen LogP contribution in [0.1, 0.15) is 55.7 Å². The van der Waals surface area contributed by atoms with E-state index in [0.29, 0.717) is 25.7 Å². The van der Waals surface area contributed by atoms with Crippen molar-refractivity contribution in [2.45, 2.75) is 76.1 Å². The van der Waals surface area contributed by atoms with Gasteiger partial charge in [-0.25, -0.2) is 4.79 Å². The van der Waals surface area contributed by atoms with Gasteiger partial charge >= 0.3 is 6.03 Å². The zero-order chi connectivity index (χ0) is 25.1.